The molecule has 2 aromatic carbocycles. The van der Waals surface area contributed by atoms with Crippen molar-refractivity contribution < 1.29 is 14.8 Å². The summed E-state index contributed by atoms with van der Waals surface area (Å²) < 4.78 is 7.90. The Labute approximate surface area is 251 Å². The molecule has 0 amide bonds. The minimum Gasteiger partial charge on any atom is -0.494 e. The van der Waals surface area contributed by atoms with Gasteiger partial charge in [0.25, 0.3) is 5.69 Å². The van der Waals surface area contributed by atoms with E-state index < -0.39 is 10.5 Å². The Balaban J connectivity index is 1.61. The van der Waals surface area contributed by atoms with E-state index in [1.807, 2.05) is 30.9 Å². The lowest BCUT2D eigenvalue weighted by Gasteiger charge is -2.22. The number of aryl methyl sites for hydroxylation is 2. The Morgan fingerprint density at radius 1 is 1.23 bits per heavy atom. The molecule has 3 heterocycles. The molecule has 0 bridgehead atoms. The number of methoxy groups -OCH3 is 1. The van der Waals surface area contributed by atoms with Crippen molar-refractivity contribution in [2.45, 2.75) is 38.8 Å². The number of para-hydroxylation sites is 1. The topological polar surface area (TPSA) is 122 Å². The van der Waals surface area contributed by atoms with Crippen LogP contribution in [0, 0.1) is 22.0 Å². The van der Waals surface area contributed by atoms with Gasteiger partial charge in [0.05, 0.1) is 34.5 Å². The predicted molar refractivity (Wildman–Crippen MR) is 169 cm³/mol. The minimum atomic E-state index is -1.20. The van der Waals surface area contributed by atoms with Crippen LogP contribution in [-0.4, -0.2) is 76.4 Å². The van der Waals surface area contributed by atoms with Crippen LogP contribution < -0.4 is 15.0 Å². The molecule has 0 fully saturated rings. The third-order valence-electron chi connectivity index (χ3n) is 7.41. The van der Waals surface area contributed by atoms with Crippen molar-refractivity contribution in [3.63, 3.8) is 0 Å². The van der Waals surface area contributed by atoms with Crippen LogP contribution in [0.25, 0.3) is 22.2 Å². The van der Waals surface area contributed by atoms with E-state index in [-0.39, 0.29) is 11.6 Å². The molecule has 11 nitrogen and oxygen atoms in total. The molecule has 0 saturated heterocycles. The number of nitro benzene ring substituents is 1. The summed E-state index contributed by atoms with van der Waals surface area (Å²) in [5.41, 5.74) is 4.09. The van der Waals surface area contributed by atoms with Gasteiger partial charge in [0, 0.05) is 62.2 Å². The smallest absolute Gasteiger partial charge is 0.294 e. The molecule has 5 rings (SSSR count). The molecular formula is C32H37N7O4. The summed E-state index contributed by atoms with van der Waals surface area (Å²) in [7, 11) is 7.25. The van der Waals surface area contributed by atoms with Gasteiger partial charge in [0.2, 0.25) is 5.95 Å². The number of nitrogens with zero attached hydrogens (tertiary/aromatic N) is 6. The van der Waals surface area contributed by atoms with Crippen LogP contribution in [0.15, 0.2) is 42.7 Å². The average molecular weight is 584 g/mol. The van der Waals surface area contributed by atoms with Gasteiger partial charge >= 0.3 is 0 Å². The highest BCUT2D eigenvalue weighted by Crippen LogP contribution is 2.40. The van der Waals surface area contributed by atoms with Gasteiger partial charge in [-0.05, 0) is 46.3 Å². The number of nitrogens with one attached hydrogen (secondary N) is 1. The first-order valence-electron chi connectivity index (χ1n) is 14.2. The third kappa shape index (κ3) is 6.40. The van der Waals surface area contributed by atoms with Crippen molar-refractivity contribution in [1.29, 1.82) is 0 Å². The van der Waals surface area contributed by atoms with Gasteiger partial charge in [-0.2, -0.15) is 0 Å². The summed E-state index contributed by atoms with van der Waals surface area (Å²) in [6.07, 6.45) is 5.78. The minimum absolute atomic E-state index is 0.0635. The molecule has 0 atom stereocenters. The predicted octanol–water partition coefficient (Wildman–Crippen LogP) is 4.83. The Kier molecular flexibility index (Phi) is 8.26. The quantitative estimate of drug-likeness (QED) is 0.162. The van der Waals surface area contributed by atoms with Crippen molar-refractivity contribution in [3.05, 3.63) is 64.0 Å². The molecule has 0 spiro atoms. The lowest BCUT2D eigenvalue weighted by atomic mass is 10.0. The molecule has 0 radical (unpaired) electrons. The second-order valence-electron chi connectivity index (χ2n) is 11.6. The monoisotopic (exact) mass is 583 g/mol. The molecule has 1 aliphatic rings. The van der Waals surface area contributed by atoms with Gasteiger partial charge in [0.1, 0.15) is 17.0 Å². The van der Waals surface area contributed by atoms with Gasteiger partial charge in [-0.1, -0.05) is 30.0 Å². The number of anilines is 3. The molecule has 0 aliphatic carbocycles. The zero-order valence-electron chi connectivity index (χ0n) is 25.4. The van der Waals surface area contributed by atoms with E-state index in [0.717, 1.165) is 36.9 Å². The van der Waals surface area contributed by atoms with Gasteiger partial charge < -0.3 is 29.5 Å². The van der Waals surface area contributed by atoms with E-state index in [9.17, 15) is 15.2 Å². The van der Waals surface area contributed by atoms with E-state index in [1.165, 1.54) is 24.3 Å². The molecule has 0 saturated carbocycles. The van der Waals surface area contributed by atoms with Crippen LogP contribution in [0.3, 0.4) is 0 Å². The maximum absolute atomic E-state index is 12.1. The summed E-state index contributed by atoms with van der Waals surface area (Å²) >= 11 is 0. The lowest BCUT2D eigenvalue weighted by molar-refractivity contribution is -0.384. The molecule has 224 valence electrons. The van der Waals surface area contributed by atoms with Crippen LogP contribution in [0.1, 0.15) is 31.4 Å². The van der Waals surface area contributed by atoms with Crippen LogP contribution >= 0.6 is 0 Å². The maximum Gasteiger partial charge on any atom is 0.294 e. The van der Waals surface area contributed by atoms with Gasteiger partial charge in [-0.15, -0.1) is 0 Å². The molecule has 1 aliphatic heterocycles. The Hall–Kier alpha value is -4.66. The number of hydrogen-bond donors (Lipinski definition) is 2. The van der Waals surface area contributed by atoms with E-state index >= 15 is 0 Å². The molecule has 4 aromatic rings. The van der Waals surface area contributed by atoms with Crippen molar-refractivity contribution >= 4 is 33.9 Å². The number of nitro groups is 1. The van der Waals surface area contributed by atoms with Gasteiger partial charge in [-0.25, -0.2) is 9.97 Å². The molecule has 2 N–H and O–H groups in total. The highest BCUT2D eigenvalue weighted by atomic mass is 16.6. The first kappa shape index (κ1) is 29.8. The van der Waals surface area contributed by atoms with Crippen molar-refractivity contribution in [3.8, 4) is 28.8 Å². The van der Waals surface area contributed by atoms with E-state index in [2.05, 4.69) is 51.1 Å². The lowest BCUT2D eigenvalue weighted by Crippen LogP contribution is -2.28. The molecule has 11 heteroatoms. The molecule has 0 unspecified atom stereocenters. The summed E-state index contributed by atoms with van der Waals surface area (Å²) in [5, 5.41) is 26.6. The first-order valence-corrected chi connectivity index (χ1v) is 14.2. The van der Waals surface area contributed by atoms with Crippen molar-refractivity contribution in [2.24, 2.45) is 0 Å². The highest BCUT2D eigenvalue weighted by molar-refractivity contribution is 5.98. The average Bonchev–Trinajstić information content (AvgIpc) is 3.34. The zero-order chi connectivity index (χ0) is 30.9. The number of likely N-dealkylation sites (N-methyl/N-ethyl adjacent to an activating group) is 2. The van der Waals surface area contributed by atoms with Crippen molar-refractivity contribution in [1.82, 2.24) is 19.4 Å². The molecule has 2 aromatic heterocycles. The van der Waals surface area contributed by atoms with Crippen LogP contribution in [0.4, 0.5) is 23.0 Å². The zero-order valence-corrected chi connectivity index (χ0v) is 25.4. The Morgan fingerprint density at radius 3 is 2.72 bits per heavy atom. The third-order valence-corrected chi connectivity index (χ3v) is 7.41. The fourth-order valence-electron chi connectivity index (χ4n) is 5.27. The SMILES string of the molecule is COc1cc(N(C)CCN(C)C)c([N+](=O)[O-])cc1Nc1ncc(C#CC(C)(C)O)c(-c2cn3c4c(cccc24)CCC3)n1. The standard InChI is InChI=1S/C32H37N7O4/c1-32(2,40)13-12-22-19-33-31(35-29(22)24-20-38-14-8-10-21-9-7-11-23(24)30(21)38)34-25-17-27(39(41)42)26(18-28(25)43-6)37(5)16-15-36(3)4/h7,9,11,17-20,40H,8,10,14-16H2,1-6H3,(H,33,34,35). The largest absolute Gasteiger partial charge is 0.494 e. The second kappa shape index (κ2) is 11.9. The summed E-state index contributed by atoms with van der Waals surface area (Å²) in [5.74, 6) is 6.59. The maximum atomic E-state index is 12.1. The fraction of sp³-hybridized carbons (Fsp3) is 0.375. The number of aliphatic hydroxyl groups is 1. The first-order chi connectivity index (χ1) is 20.4. The number of benzene rings is 2. The normalized spacial score (nSPS) is 12.7. The Bertz CT molecular complexity index is 1740. The highest BCUT2D eigenvalue weighted by Gasteiger charge is 2.24. The number of aromatic nitrogens is 3. The summed E-state index contributed by atoms with van der Waals surface area (Å²) in [4.78, 5) is 25.0. The summed E-state index contributed by atoms with van der Waals surface area (Å²) in [6, 6.07) is 9.40. The van der Waals surface area contributed by atoms with Crippen LogP contribution in [0.5, 0.6) is 5.75 Å². The summed E-state index contributed by atoms with van der Waals surface area (Å²) in [6.45, 7) is 5.48. The van der Waals surface area contributed by atoms with Crippen molar-refractivity contribution in [2.75, 3.05) is 51.6 Å². The fourth-order valence-corrected chi connectivity index (χ4v) is 5.27. The van der Waals surface area contributed by atoms with E-state index in [4.69, 9.17) is 9.72 Å². The van der Waals surface area contributed by atoms with Crippen LogP contribution in [-0.2, 0) is 13.0 Å². The number of hydrogen-bond acceptors (Lipinski definition) is 9. The second-order valence-corrected chi connectivity index (χ2v) is 11.6. The molecular weight excluding hydrogens is 546 g/mol. The van der Waals surface area contributed by atoms with E-state index in [0.29, 0.717) is 34.9 Å². The van der Waals surface area contributed by atoms with Gasteiger partial charge in [-0.3, -0.25) is 10.1 Å². The number of ether oxygens (including phenoxy) is 1. The van der Waals surface area contributed by atoms with Gasteiger partial charge in [0.15, 0.2) is 0 Å². The van der Waals surface area contributed by atoms with E-state index in [1.54, 1.807) is 26.1 Å². The molecule has 43 heavy (non-hydrogen) atoms. The Morgan fingerprint density at radius 2 is 2.02 bits per heavy atom. The number of rotatable bonds is 9. The van der Waals surface area contributed by atoms with Crippen LogP contribution in [0.2, 0.25) is 0 Å².